The highest BCUT2D eigenvalue weighted by Gasteiger charge is 2.25. The fourth-order valence-electron chi connectivity index (χ4n) is 15.2. The summed E-state index contributed by atoms with van der Waals surface area (Å²) in [5.41, 5.74) is 24.9. The van der Waals surface area contributed by atoms with Crippen molar-refractivity contribution in [3.05, 3.63) is 433 Å². The molecule has 484 valence electrons. The third kappa shape index (κ3) is 11.6. The third-order valence-electron chi connectivity index (χ3n) is 20.4. The van der Waals surface area contributed by atoms with Crippen LogP contribution in [0.4, 0.5) is 22.7 Å². The predicted molar refractivity (Wildman–Crippen MR) is 440 cm³/mol. The van der Waals surface area contributed by atoms with Gasteiger partial charge in [-0.15, -0.1) is 0 Å². The molecule has 0 aromatic heterocycles. The molecule has 4 heteroatoms. The zero-order valence-electron chi connectivity index (χ0n) is 56.7. The summed E-state index contributed by atoms with van der Waals surface area (Å²) in [6.45, 7) is 0. The fourth-order valence-corrected chi connectivity index (χ4v) is 15.2. The van der Waals surface area contributed by atoms with Gasteiger partial charge in [-0.1, -0.05) is 328 Å². The van der Waals surface area contributed by atoms with E-state index in [1.807, 2.05) is 0 Å². The molecule has 2 heterocycles. The molecule has 0 saturated carbocycles. The molecule has 0 bridgehead atoms. The molecule has 2 aliphatic rings. The first-order valence-electron chi connectivity index (χ1n) is 35.5. The monoisotopic (exact) mass is 1320 g/mol. The molecule has 0 fully saturated rings. The molecular formula is C100H64N4. The maximum Gasteiger partial charge on any atom is 0.0803 e. The summed E-state index contributed by atoms with van der Waals surface area (Å²) in [5, 5.41) is 14.5. The summed E-state index contributed by atoms with van der Waals surface area (Å²) in [4.78, 5) is 22.1. The van der Waals surface area contributed by atoms with Gasteiger partial charge in [-0.05, 0) is 170 Å². The molecule has 104 heavy (non-hydrogen) atoms. The summed E-state index contributed by atoms with van der Waals surface area (Å²) in [7, 11) is 0. The molecule has 18 aromatic rings. The first-order valence-corrected chi connectivity index (χ1v) is 35.5. The second kappa shape index (κ2) is 26.4. The van der Waals surface area contributed by atoms with Crippen LogP contribution in [0.25, 0.3) is 109 Å². The molecule has 0 radical (unpaired) electrons. The topological polar surface area (TPSA) is 49.4 Å². The van der Waals surface area contributed by atoms with Gasteiger partial charge in [-0.25, -0.2) is 20.0 Å². The fraction of sp³-hybridized carbons (Fsp3) is 0. The number of hydrogen-bond acceptors (Lipinski definition) is 4. The van der Waals surface area contributed by atoms with Crippen LogP contribution in [-0.2, 0) is 0 Å². The SMILES string of the molecule is c1cc(C2=Nc3cc4ccccc4cc3C(c3cccc(-c4ccc5ccccc5c4)c3)=Nc3cc4ccccc4cc32)cc(-c2ccc3ccccc3c2)c1.c1ccc2c(c1)N=C(c1ccc(-c3cccc4ccccc34)cc1)c1ccccc1N=C2c1ccc(-c2cccc3ccccc23)cc1. The van der Waals surface area contributed by atoms with E-state index in [0.29, 0.717) is 0 Å². The van der Waals surface area contributed by atoms with E-state index in [2.05, 4.69) is 388 Å². The minimum atomic E-state index is 0.892. The van der Waals surface area contributed by atoms with E-state index >= 15 is 0 Å². The molecule has 0 atom stereocenters. The Balaban J connectivity index is 0.000000145. The Hall–Kier alpha value is -13.8. The lowest BCUT2D eigenvalue weighted by Crippen LogP contribution is -2.11. The number of para-hydroxylation sites is 2. The average Bonchev–Trinajstić information content (AvgIpc) is 0.740. The van der Waals surface area contributed by atoms with Gasteiger partial charge in [0.05, 0.1) is 45.6 Å². The van der Waals surface area contributed by atoms with Crippen molar-refractivity contribution in [2.24, 2.45) is 20.0 Å². The molecule has 0 saturated heterocycles. The number of rotatable bonds is 8. The number of benzene rings is 18. The molecule has 0 N–H and O–H groups in total. The standard InChI is InChI=1S/C54H34N2.C46H30N2/c1-3-13-37-27-45(25-23-35(37)11-1)39-19-9-21-47(29-39)53-49-31-41-15-5-7-17-43(41)33-51(49)56-54(50-32-42-16-6-8-18-44(42)34-52(50)55-53)48-22-10-20-40(30-48)46-26-24-36-12-2-4-14-38(36)28-46;1-3-15-37-31(11-1)13-9-19-39(37)33-23-27-35(28-24-33)45-41-17-5-7-21-43(41)48-46(42-18-6-8-22-44(42)47-45)36-29-25-34(26-30-36)40-20-10-14-32-12-2-4-16-38(32)40/h1-34H;1-30H. The van der Waals surface area contributed by atoms with Crippen molar-refractivity contribution in [1.29, 1.82) is 0 Å². The van der Waals surface area contributed by atoms with E-state index in [-0.39, 0.29) is 0 Å². The average molecular weight is 1320 g/mol. The smallest absolute Gasteiger partial charge is 0.0803 e. The summed E-state index contributed by atoms with van der Waals surface area (Å²) < 4.78 is 0. The van der Waals surface area contributed by atoms with Gasteiger partial charge in [0.15, 0.2) is 0 Å². The van der Waals surface area contributed by atoms with Crippen molar-refractivity contribution in [1.82, 2.24) is 0 Å². The van der Waals surface area contributed by atoms with Crippen molar-refractivity contribution >= 4 is 110 Å². The van der Waals surface area contributed by atoms with Gasteiger partial charge in [-0.2, -0.15) is 0 Å². The van der Waals surface area contributed by atoms with Crippen LogP contribution < -0.4 is 0 Å². The first-order chi connectivity index (χ1) is 51.5. The molecule has 0 amide bonds. The van der Waals surface area contributed by atoms with Gasteiger partial charge in [-0.3, -0.25) is 0 Å². The largest absolute Gasteiger partial charge is 0.247 e. The summed E-state index contributed by atoms with van der Waals surface area (Å²) in [5.74, 6) is 0. The number of fused-ring (bicyclic) bond motifs is 10. The van der Waals surface area contributed by atoms with Crippen LogP contribution in [0.5, 0.6) is 0 Å². The molecule has 18 aromatic carbocycles. The van der Waals surface area contributed by atoms with E-state index in [0.717, 1.165) is 123 Å². The normalized spacial score (nSPS) is 12.5. The van der Waals surface area contributed by atoms with E-state index in [1.54, 1.807) is 0 Å². The highest BCUT2D eigenvalue weighted by atomic mass is 14.8. The molecule has 2 aliphatic heterocycles. The molecule has 0 aliphatic carbocycles. The third-order valence-corrected chi connectivity index (χ3v) is 20.4. The molecular weight excluding hydrogens is 1260 g/mol. The van der Waals surface area contributed by atoms with Gasteiger partial charge >= 0.3 is 0 Å². The lowest BCUT2D eigenvalue weighted by Gasteiger charge is -2.20. The van der Waals surface area contributed by atoms with Crippen molar-refractivity contribution in [2.75, 3.05) is 0 Å². The van der Waals surface area contributed by atoms with Gasteiger partial charge in [0.25, 0.3) is 0 Å². The minimum Gasteiger partial charge on any atom is -0.247 e. The summed E-state index contributed by atoms with van der Waals surface area (Å²) in [6, 6.07) is 139. The van der Waals surface area contributed by atoms with Crippen LogP contribution in [0, 0.1) is 0 Å². The highest BCUT2D eigenvalue weighted by Crippen LogP contribution is 2.41. The Kier molecular flexibility index (Phi) is 15.5. The van der Waals surface area contributed by atoms with E-state index < -0.39 is 0 Å². The Morgan fingerprint density at radius 2 is 0.394 bits per heavy atom. The van der Waals surface area contributed by atoms with Crippen LogP contribution in [-0.4, -0.2) is 22.8 Å². The number of nitrogens with zero attached hydrogens (tertiary/aromatic N) is 4. The lowest BCUT2D eigenvalue weighted by atomic mass is 9.91. The Morgan fingerprint density at radius 3 is 0.817 bits per heavy atom. The highest BCUT2D eigenvalue weighted by molar-refractivity contribution is 6.26. The maximum absolute atomic E-state index is 5.68. The van der Waals surface area contributed by atoms with Crippen molar-refractivity contribution in [3.8, 4) is 44.5 Å². The summed E-state index contributed by atoms with van der Waals surface area (Å²) in [6.07, 6.45) is 0. The molecule has 0 spiro atoms. The van der Waals surface area contributed by atoms with Gasteiger partial charge in [0, 0.05) is 44.5 Å². The first kappa shape index (κ1) is 61.3. The van der Waals surface area contributed by atoms with E-state index in [1.165, 1.54) is 76.5 Å². The van der Waals surface area contributed by atoms with Gasteiger partial charge in [0.1, 0.15) is 0 Å². The van der Waals surface area contributed by atoms with Crippen molar-refractivity contribution < 1.29 is 0 Å². The van der Waals surface area contributed by atoms with Crippen LogP contribution in [0.3, 0.4) is 0 Å². The second-order valence-electron chi connectivity index (χ2n) is 26.8. The van der Waals surface area contributed by atoms with Crippen LogP contribution in [0.2, 0.25) is 0 Å². The van der Waals surface area contributed by atoms with Crippen molar-refractivity contribution in [2.45, 2.75) is 0 Å². The second-order valence-corrected chi connectivity index (χ2v) is 26.8. The minimum absolute atomic E-state index is 0.892. The maximum atomic E-state index is 5.68. The number of hydrogen-bond donors (Lipinski definition) is 0. The van der Waals surface area contributed by atoms with E-state index in [4.69, 9.17) is 20.0 Å². The number of aliphatic imine (C=N–C) groups is 4. The van der Waals surface area contributed by atoms with Gasteiger partial charge < -0.3 is 0 Å². The van der Waals surface area contributed by atoms with Crippen molar-refractivity contribution in [3.63, 3.8) is 0 Å². The Morgan fingerprint density at radius 1 is 0.125 bits per heavy atom. The predicted octanol–water partition coefficient (Wildman–Crippen LogP) is 26.3. The Labute approximate surface area is 603 Å². The lowest BCUT2D eigenvalue weighted by molar-refractivity contribution is 1.39. The molecule has 20 rings (SSSR count). The quantitative estimate of drug-likeness (QED) is 0.146. The molecule has 0 unspecified atom stereocenters. The Bertz CT molecular complexity index is 6180. The zero-order chi connectivity index (χ0) is 68.9. The molecule has 4 nitrogen and oxygen atoms in total. The van der Waals surface area contributed by atoms with Gasteiger partial charge in [0.2, 0.25) is 0 Å². The summed E-state index contributed by atoms with van der Waals surface area (Å²) >= 11 is 0. The van der Waals surface area contributed by atoms with Crippen LogP contribution in [0.15, 0.2) is 408 Å². The van der Waals surface area contributed by atoms with E-state index in [9.17, 15) is 0 Å². The van der Waals surface area contributed by atoms with Crippen LogP contribution >= 0.6 is 0 Å². The van der Waals surface area contributed by atoms with Crippen LogP contribution in [0.1, 0.15) is 44.5 Å². The zero-order valence-corrected chi connectivity index (χ0v) is 56.7.